The molecule has 0 radical (unpaired) electrons. The van der Waals surface area contributed by atoms with E-state index in [0.717, 1.165) is 24.8 Å². The van der Waals surface area contributed by atoms with Crippen LogP contribution in [-0.2, 0) is 4.79 Å². The molecule has 0 saturated heterocycles. The summed E-state index contributed by atoms with van der Waals surface area (Å²) in [4.78, 5) is 13.6. The van der Waals surface area contributed by atoms with Crippen molar-refractivity contribution in [3.8, 4) is 5.75 Å². The van der Waals surface area contributed by atoms with Gasteiger partial charge in [0.05, 0.1) is 0 Å². The summed E-state index contributed by atoms with van der Waals surface area (Å²) in [6, 6.07) is 8.15. The summed E-state index contributed by atoms with van der Waals surface area (Å²) < 4.78 is 5.50. The predicted octanol–water partition coefficient (Wildman–Crippen LogP) is 2.10. The monoisotopic (exact) mass is 262 g/mol. The second kappa shape index (κ2) is 6.06. The van der Waals surface area contributed by atoms with Crippen LogP contribution < -0.4 is 10.5 Å². The largest absolute Gasteiger partial charge is 0.484 e. The first kappa shape index (κ1) is 13.9. The van der Waals surface area contributed by atoms with Gasteiger partial charge in [0.25, 0.3) is 5.91 Å². The molecule has 0 aliphatic heterocycles. The first-order valence-electron chi connectivity index (χ1n) is 6.85. The first-order valence-corrected chi connectivity index (χ1v) is 6.85. The zero-order chi connectivity index (χ0) is 13.8. The zero-order valence-corrected chi connectivity index (χ0v) is 11.6. The molecule has 4 nitrogen and oxygen atoms in total. The number of nitrogens with two attached hydrogens (primary N) is 1. The molecule has 1 atom stereocenters. The Kier molecular flexibility index (Phi) is 4.43. The molecular weight excluding hydrogens is 240 g/mol. The second-order valence-electron chi connectivity index (χ2n) is 5.11. The standard InChI is InChI=1S/C15H22N2O2/c1-3-14(16)11-4-8-13(9-5-11)19-10-15(18)17(2)12-6-7-12/h4-5,8-9,12,14H,3,6-7,10,16H2,1-2H3/t14-/m0/s1. The van der Waals surface area contributed by atoms with Crippen molar-refractivity contribution in [3.05, 3.63) is 29.8 Å². The summed E-state index contributed by atoms with van der Waals surface area (Å²) in [6.45, 7) is 2.16. The molecule has 0 heterocycles. The highest BCUT2D eigenvalue weighted by Crippen LogP contribution is 2.25. The third-order valence-electron chi connectivity index (χ3n) is 3.60. The fraction of sp³-hybridized carbons (Fsp3) is 0.533. The molecule has 2 rings (SSSR count). The Bertz CT molecular complexity index is 426. The number of hydrogen-bond donors (Lipinski definition) is 1. The molecule has 1 aromatic carbocycles. The van der Waals surface area contributed by atoms with Crippen LogP contribution in [0.1, 0.15) is 37.8 Å². The minimum absolute atomic E-state index is 0.0387. The van der Waals surface area contributed by atoms with Crippen LogP contribution in [0, 0.1) is 0 Å². The van der Waals surface area contributed by atoms with Crippen LogP contribution in [0.15, 0.2) is 24.3 Å². The molecule has 4 heteroatoms. The first-order chi connectivity index (χ1) is 9.11. The van der Waals surface area contributed by atoms with Gasteiger partial charge >= 0.3 is 0 Å². The van der Waals surface area contributed by atoms with Crippen molar-refractivity contribution < 1.29 is 9.53 Å². The summed E-state index contributed by atoms with van der Waals surface area (Å²) in [5.41, 5.74) is 7.04. The Hall–Kier alpha value is -1.55. The number of rotatable bonds is 6. The van der Waals surface area contributed by atoms with E-state index in [2.05, 4.69) is 6.92 Å². The quantitative estimate of drug-likeness (QED) is 0.854. The van der Waals surface area contributed by atoms with Crippen LogP contribution in [0.2, 0.25) is 0 Å². The lowest BCUT2D eigenvalue weighted by Gasteiger charge is -2.16. The Morgan fingerprint density at radius 2 is 2.05 bits per heavy atom. The van der Waals surface area contributed by atoms with Crippen molar-refractivity contribution in [1.82, 2.24) is 4.90 Å². The van der Waals surface area contributed by atoms with E-state index in [0.29, 0.717) is 11.8 Å². The van der Waals surface area contributed by atoms with E-state index in [1.165, 1.54) is 0 Å². The third kappa shape index (κ3) is 3.70. The zero-order valence-electron chi connectivity index (χ0n) is 11.6. The van der Waals surface area contributed by atoms with Crippen molar-refractivity contribution in [2.45, 2.75) is 38.3 Å². The Morgan fingerprint density at radius 3 is 2.58 bits per heavy atom. The lowest BCUT2D eigenvalue weighted by molar-refractivity contribution is -0.132. The maximum atomic E-state index is 11.8. The lowest BCUT2D eigenvalue weighted by Crippen LogP contribution is -2.33. The van der Waals surface area contributed by atoms with E-state index >= 15 is 0 Å². The molecule has 0 bridgehead atoms. The smallest absolute Gasteiger partial charge is 0.260 e. The van der Waals surface area contributed by atoms with Crippen LogP contribution in [0.5, 0.6) is 5.75 Å². The van der Waals surface area contributed by atoms with Gasteiger partial charge in [-0.25, -0.2) is 0 Å². The molecule has 2 N–H and O–H groups in total. The number of nitrogens with zero attached hydrogens (tertiary/aromatic N) is 1. The number of benzene rings is 1. The van der Waals surface area contributed by atoms with Gasteiger partial charge in [-0.15, -0.1) is 0 Å². The molecule has 1 aliphatic carbocycles. The van der Waals surface area contributed by atoms with Crippen molar-refractivity contribution in [3.63, 3.8) is 0 Å². The van der Waals surface area contributed by atoms with E-state index in [-0.39, 0.29) is 18.6 Å². The molecule has 1 amide bonds. The van der Waals surface area contributed by atoms with Crippen molar-refractivity contribution in [1.29, 1.82) is 0 Å². The van der Waals surface area contributed by atoms with E-state index in [1.54, 1.807) is 4.90 Å². The van der Waals surface area contributed by atoms with Gasteiger partial charge in [0.15, 0.2) is 6.61 Å². The van der Waals surface area contributed by atoms with Gasteiger partial charge in [-0.1, -0.05) is 19.1 Å². The van der Waals surface area contributed by atoms with Crippen LogP contribution in [-0.4, -0.2) is 30.5 Å². The molecule has 1 aromatic rings. The summed E-state index contributed by atoms with van der Waals surface area (Å²) in [7, 11) is 1.84. The summed E-state index contributed by atoms with van der Waals surface area (Å²) in [5.74, 6) is 0.751. The summed E-state index contributed by atoms with van der Waals surface area (Å²) in [5, 5.41) is 0. The van der Waals surface area contributed by atoms with Crippen molar-refractivity contribution >= 4 is 5.91 Å². The van der Waals surface area contributed by atoms with Gasteiger partial charge in [0, 0.05) is 19.1 Å². The molecule has 19 heavy (non-hydrogen) atoms. The summed E-state index contributed by atoms with van der Waals surface area (Å²) in [6.07, 6.45) is 3.14. The normalized spacial score (nSPS) is 15.9. The van der Waals surface area contributed by atoms with E-state index in [4.69, 9.17) is 10.5 Å². The predicted molar refractivity (Wildman–Crippen MR) is 74.9 cm³/mol. The lowest BCUT2D eigenvalue weighted by atomic mass is 10.1. The number of likely N-dealkylation sites (N-methyl/N-ethyl adjacent to an activating group) is 1. The van der Waals surface area contributed by atoms with Crippen LogP contribution >= 0.6 is 0 Å². The van der Waals surface area contributed by atoms with Gasteiger partial charge in [0.2, 0.25) is 0 Å². The van der Waals surface area contributed by atoms with Gasteiger partial charge in [-0.2, -0.15) is 0 Å². The number of amides is 1. The maximum absolute atomic E-state index is 11.8. The Balaban J connectivity index is 1.84. The molecule has 0 spiro atoms. The van der Waals surface area contributed by atoms with Gasteiger partial charge in [-0.3, -0.25) is 4.79 Å². The van der Waals surface area contributed by atoms with Crippen molar-refractivity contribution in [2.75, 3.05) is 13.7 Å². The molecule has 104 valence electrons. The SMILES string of the molecule is CC[C@H](N)c1ccc(OCC(=O)N(C)C2CC2)cc1. The Morgan fingerprint density at radius 1 is 1.42 bits per heavy atom. The fourth-order valence-corrected chi connectivity index (χ4v) is 1.96. The molecule has 1 saturated carbocycles. The molecule has 0 unspecified atom stereocenters. The molecule has 0 aromatic heterocycles. The van der Waals surface area contributed by atoms with E-state index in [9.17, 15) is 4.79 Å². The van der Waals surface area contributed by atoms with Crippen LogP contribution in [0.25, 0.3) is 0 Å². The average molecular weight is 262 g/mol. The molecule has 1 aliphatic rings. The topological polar surface area (TPSA) is 55.6 Å². The van der Waals surface area contributed by atoms with Crippen LogP contribution in [0.3, 0.4) is 0 Å². The van der Waals surface area contributed by atoms with Gasteiger partial charge < -0.3 is 15.4 Å². The highest BCUT2D eigenvalue weighted by molar-refractivity contribution is 5.78. The van der Waals surface area contributed by atoms with Crippen molar-refractivity contribution in [2.24, 2.45) is 5.73 Å². The third-order valence-corrected chi connectivity index (χ3v) is 3.60. The minimum Gasteiger partial charge on any atom is -0.484 e. The average Bonchev–Trinajstić information content (AvgIpc) is 3.28. The Labute approximate surface area is 114 Å². The highest BCUT2D eigenvalue weighted by atomic mass is 16.5. The van der Waals surface area contributed by atoms with E-state index in [1.807, 2.05) is 31.3 Å². The fourth-order valence-electron chi connectivity index (χ4n) is 1.96. The number of carbonyl (C=O) groups excluding carboxylic acids is 1. The summed E-state index contributed by atoms with van der Waals surface area (Å²) >= 11 is 0. The van der Waals surface area contributed by atoms with Gasteiger partial charge in [-0.05, 0) is 37.0 Å². The highest BCUT2D eigenvalue weighted by Gasteiger charge is 2.29. The number of hydrogen-bond acceptors (Lipinski definition) is 3. The number of carbonyl (C=O) groups is 1. The second-order valence-corrected chi connectivity index (χ2v) is 5.11. The van der Waals surface area contributed by atoms with Crippen LogP contribution in [0.4, 0.5) is 0 Å². The molecular formula is C15H22N2O2. The van der Waals surface area contributed by atoms with E-state index < -0.39 is 0 Å². The minimum atomic E-state index is 0.0387. The molecule has 1 fully saturated rings. The maximum Gasteiger partial charge on any atom is 0.260 e. The number of ether oxygens (including phenoxy) is 1. The van der Waals surface area contributed by atoms with Gasteiger partial charge in [0.1, 0.15) is 5.75 Å².